The van der Waals surface area contributed by atoms with E-state index in [1.807, 2.05) is 0 Å². The standard InChI is InChI=1S/C24H20ClN3O5S/c25-19-5-1-2-6-20(19)27-34(31,32)18-12-9-17(10-13-18)11-14-23(29)26-21-7-3-4-8-22(21)28-15-16-33-24(28)30/h1-14,27H,15-16H2,(H,26,29)/b14-11+. The number of ether oxygens (including phenoxy) is 1. The molecule has 34 heavy (non-hydrogen) atoms. The van der Waals surface area contributed by atoms with Crippen LogP contribution in [0.2, 0.25) is 5.02 Å². The van der Waals surface area contributed by atoms with Crippen molar-refractivity contribution < 1.29 is 22.7 Å². The summed E-state index contributed by atoms with van der Waals surface area (Å²) in [6.45, 7) is 0.697. The average Bonchev–Trinajstić information content (AvgIpc) is 3.25. The van der Waals surface area contributed by atoms with Gasteiger partial charge >= 0.3 is 6.09 Å². The van der Waals surface area contributed by atoms with Crippen molar-refractivity contribution in [3.05, 3.63) is 89.5 Å². The lowest BCUT2D eigenvalue weighted by atomic mass is 10.2. The van der Waals surface area contributed by atoms with Gasteiger partial charge in [-0.05, 0) is 48.0 Å². The van der Waals surface area contributed by atoms with Crippen molar-refractivity contribution in [3.63, 3.8) is 0 Å². The van der Waals surface area contributed by atoms with E-state index >= 15 is 0 Å². The normalized spacial score (nSPS) is 13.7. The molecule has 4 rings (SSSR count). The van der Waals surface area contributed by atoms with Gasteiger partial charge < -0.3 is 10.1 Å². The van der Waals surface area contributed by atoms with Gasteiger partial charge in [0.2, 0.25) is 5.91 Å². The Hall–Kier alpha value is -3.82. The second kappa shape index (κ2) is 9.98. The van der Waals surface area contributed by atoms with Gasteiger partial charge in [0, 0.05) is 6.08 Å². The number of hydrogen-bond acceptors (Lipinski definition) is 5. The predicted molar refractivity (Wildman–Crippen MR) is 132 cm³/mol. The minimum atomic E-state index is -3.82. The molecule has 2 amide bonds. The van der Waals surface area contributed by atoms with Gasteiger partial charge in [-0.2, -0.15) is 0 Å². The fraction of sp³-hybridized carbons (Fsp3) is 0.0833. The lowest BCUT2D eigenvalue weighted by Crippen LogP contribution is -2.25. The number of rotatable bonds is 7. The summed E-state index contributed by atoms with van der Waals surface area (Å²) in [6.07, 6.45) is 2.42. The topological polar surface area (TPSA) is 105 Å². The van der Waals surface area contributed by atoms with Crippen LogP contribution < -0.4 is 14.9 Å². The molecule has 3 aromatic carbocycles. The van der Waals surface area contributed by atoms with E-state index in [9.17, 15) is 18.0 Å². The fourth-order valence-electron chi connectivity index (χ4n) is 3.28. The Morgan fingerprint density at radius 2 is 1.65 bits per heavy atom. The van der Waals surface area contributed by atoms with Gasteiger partial charge in [-0.15, -0.1) is 0 Å². The van der Waals surface area contributed by atoms with Crippen LogP contribution in [-0.2, 0) is 19.6 Å². The number of amides is 2. The SMILES string of the molecule is O=C(/C=C/c1ccc(S(=O)(=O)Nc2ccccc2Cl)cc1)Nc1ccccc1N1CCOC1=O. The van der Waals surface area contributed by atoms with E-state index < -0.39 is 22.0 Å². The molecular formula is C24H20ClN3O5S. The number of hydrogen-bond donors (Lipinski definition) is 2. The highest BCUT2D eigenvalue weighted by Crippen LogP contribution is 2.28. The smallest absolute Gasteiger partial charge is 0.414 e. The predicted octanol–water partition coefficient (Wildman–Crippen LogP) is 4.75. The second-order valence-corrected chi connectivity index (χ2v) is 9.35. The van der Waals surface area contributed by atoms with E-state index in [0.29, 0.717) is 35.1 Å². The molecule has 1 aliphatic heterocycles. The Kier molecular flexibility index (Phi) is 6.85. The quantitative estimate of drug-likeness (QED) is 0.458. The number of para-hydroxylation sites is 3. The second-order valence-electron chi connectivity index (χ2n) is 7.26. The molecule has 0 aromatic heterocycles. The highest BCUT2D eigenvalue weighted by atomic mass is 35.5. The largest absolute Gasteiger partial charge is 0.447 e. The molecular weight excluding hydrogens is 478 g/mol. The minimum absolute atomic E-state index is 0.0560. The summed E-state index contributed by atoms with van der Waals surface area (Å²) < 4.78 is 32.6. The molecule has 1 saturated heterocycles. The minimum Gasteiger partial charge on any atom is -0.447 e. The summed E-state index contributed by atoms with van der Waals surface area (Å²) in [6, 6.07) is 19.5. The van der Waals surface area contributed by atoms with Crippen molar-refractivity contribution >= 4 is 56.8 Å². The number of carbonyl (C=O) groups excluding carboxylic acids is 2. The Morgan fingerprint density at radius 3 is 2.32 bits per heavy atom. The zero-order chi connectivity index (χ0) is 24.1. The number of nitrogens with zero attached hydrogens (tertiary/aromatic N) is 1. The van der Waals surface area contributed by atoms with Crippen LogP contribution in [0, 0.1) is 0 Å². The van der Waals surface area contributed by atoms with Crippen LogP contribution in [0.5, 0.6) is 0 Å². The van der Waals surface area contributed by atoms with E-state index in [0.717, 1.165) is 0 Å². The van der Waals surface area contributed by atoms with Gasteiger partial charge in [-0.1, -0.05) is 48.0 Å². The third-order valence-electron chi connectivity index (χ3n) is 4.95. The van der Waals surface area contributed by atoms with Crippen molar-refractivity contribution in [3.8, 4) is 0 Å². The highest BCUT2D eigenvalue weighted by molar-refractivity contribution is 7.92. The number of nitrogens with one attached hydrogen (secondary N) is 2. The van der Waals surface area contributed by atoms with E-state index in [2.05, 4.69) is 10.0 Å². The Balaban J connectivity index is 1.43. The number of carbonyl (C=O) groups is 2. The van der Waals surface area contributed by atoms with E-state index in [-0.39, 0.29) is 10.6 Å². The van der Waals surface area contributed by atoms with Crippen molar-refractivity contribution in [1.29, 1.82) is 0 Å². The maximum absolute atomic E-state index is 12.6. The van der Waals surface area contributed by atoms with Gasteiger partial charge in [0.1, 0.15) is 6.61 Å². The summed E-state index contributed by atoms with van der Waals surface area (Å²) in [5, 5.41) is 3.04. The Labute approximate surface area is 201 Å². The molecule has 0 saturated carbocycles. The molecule has 174 valence electrons. The van der Waals surface area contributed by atoms with E-state index in [4.69, 9.17) is 16.3 Å². The van der Waals surface area contributed by atoms with E-state index in [1.165, 1.54) is 23.1 Å². The fourth-order valence-corrected chi connectivity index (χ4v) is 4.60. The van der Waals surface area contributed by atoms with Crippen molar-refractivity contribution in [2.75, 3.05) is 28.1 Å². The van der Waals surface area contributed by atoms with Crippen LogP contribution in [0.1, 0.15) is 5.56 Å². The van der Waals surface area contributed by atoms with Gasteiger partial charge in [0.25, 0.3) is 10.0 Å². The number of anilines is 3. The summed E-state index contributed by atoms with van der Waals surface area (Å²) in [5.74, 6) is -0.405. The number of sulfonamides is 1. The third kappa shape index (κ3) is 5.38. The molecule has 0 unspecified atom stereocenters. The number of benzene rings is 3. The third-order valence-corrected chi connectivity index (χ3v) is 6.66. The van der Waals surface area contributed by atoms with Crippen LogP contribution >= 0.6 is 11.6 Å². The molecule has 8 nitrogen and oxygen atoms in total. The van der Waals surface area contributed by atoms with Crippen LogP contribution in [-0.4, -0.2) is 33.6 Å². The molecule has 10 heteroatoms. The van der Waals surface area contributed by atoms with Crippen LogP contribution in [0.4, 0.5) is 21.9 Å². The lowest BCUT2D eigenvalue weighted by Gasteiger charge is -2.17. The molecule has 0 spiro atoms. The Morgan fingerprint density at radius 1 is 0.971 bits per heavy atom. The monoisotopic (exact) mass is 497 g/mol. The highest BCUT2D eigenvalue weighted by Gasteiger charge is 2.25. The lowest BCUT2D eigenvalue weighted by molar-refractivity contribution is -0.111. The average molecular weight is 498 g/mol. The molecule has 3 aromatic rings. The maximum atomic E-state index is 12.6. The first-order valence-electron chi connectivity index (χ1n) is 10.2. The van der Waals surface area contributed by atoms with Gasteiger partial charge in [0.05, 0.1) is 33.5 Å². The molecule has 0 atom stereocenters. The van der Waals surface area contributed by atoms with Crippen LogP contribution in [0.25, 0.3) is 6.08 Å². The zero-order valence-electron chi connectivity index (χ0n) is 17.8. The van der Waals surface area contributed by atoms with Crippen LogP contribution in [0.15, 0.2) is 83.8 Å². The van der Waals surface area contributed by atoms with Crippen molar-refractivity contribution in [1.82, 2.24) is 0 Å². The molecule has 0 bridgehead atoms. The first-order valence-corrected chi connectivity index (χ1v) is 12.1. The number of halogens is 1. The molecule has 1 fully saturated rings. The summed E-state index contributed by atoms with van der Waals surface area (Å²) in [5.41, 5.74) is 1.94. The van der Waals surface area contributed by atoms with Gasteiger partial charge in [-0.3, -0.25) is 14.4 Å². The molecule has 0 aliphatic carbocycles. The molecule has 1 heterocycles. The maximum Gasteiger partial charge on any atom is 0.414 e. The molecule has 2 N–H and O–H groups in total. The first-order chi connectivity index (χ1) is 16.3. The van der Waals surface area contributed by atoms with Crippen molar-refractivity contribution in [2.45, 2.75) is 4.90 Å². The summed E-state index contributed by atoms with van der Waals surface area (Å²) in [4.78, 5) is 25.8. The molecule has 1 aliphatic rings. The Bertz CT molecular complexity index is 1360. The van der Waals surface area contributed by atoms with E-state index in [1.54, 1.807) is 66.7 Å². The zero-order valence-corrected chi connectivity index (χ0v) is 19.3. The first kappa shape index (κ1) is 23.3. The van der Waals surface area contributed by atoms with Crippen molar-refractivity contribution in [2.24, 2.45) is 0 Å². The summed E-state index contributed by atoms with van der Waals surface area (Å²) in [7, 11) is -3.82. The molecule has 0 radical (unpaired) electrons. The van der Waals surface area contributed by atoms with Gasteiger partial charge in [-0.25, -0.2) is 13.2 Å². The number of cyclic esters (lactones) is 1. The van der Waals surface area contributed by atoms with Gasteiger partial charge in [0.15, 0.2) is 0 Å². The van der Waals surface area contributed by atoms with Crippen LogP contribution in [0.3, 0.4) is 0 Å². The summed E-state index contributed by atoms with van der Waals surface area (Å²) >= 11 is 6.03.